The topological polar surface area (TPSA) is 47.5 Å². The van der Waals surface area contributed by atoms with Crippen LogP contribution >= 0.6 is 0 Å². The summed E-state index contributed by atoms with van der Waals surface area (Å²) in [7, 11) is 0. The zero-order valence-electron chi connectivity index (χ0n) is 22.3. The zero-order chi connectivity index (χ0) is 26.3. The number of ether oxygens (including phenoxy) is 2. The lowest BCUT2D eigenvalue weighted by atomic mass is 9.78. The molecule has 2 aliphatic rings. The van der Waals surface area contributed by atoms with E-state index in [9.17, 15) is 0 Å². The van der Waals surface area contributed by atoms with Crippen molar-refractivity contribution in [2.24, 2.45) is 5.92 Å². The van der Waals surface area contributed by atoms with Crippen LogP contribution in [0.3, 0.4) is 0 Å². The van der Waals surface area contributed by atoms with E-state index in [0.717, 1.165) is 44.9 Å². The minimum Gasteiger partial charge on any atom is -0.489 e. The highest BCUT2D eigenvalue weighted by Crippen LogP contribution is 2.47. The van der Waals surface area contributed by atoms with E-state index in [4.69, 9.17) is 9.47 Å². The molecule has 1 fully saturated rings. The van der Waals surface area contributed by atoms with Crippen LogP contribution in [-0.2, 0) is 17.1 Å². The number of aryl methyl sites for hydroxylation is 1. The first-order valence-electron chi connectivity index (χ1n) is 14.3. The van der Waals surface area contributed by atoms with Crippen LogP contribution in [-0.4, -0.2) is 28.8 Å². The van der Waals surface area contributed by atoms with Crippen LogP contribution in [0.25, 0.3) is 11.4 Å². The number of unbranched alkanes of at least 4 members (excludes halogenated alkanes) is 7. The van der Waals surface area contributed by atoms with Crippen molar-refractivity contribution in [2.45, 2.75) is 115 Å². The molecule has 3 unspecified atom stereocenters. The lowest BCUT2D eigenvalue weighted by molar-refractivity contribution is -0.0824. The summed E-state index contributed by atoms with van der Waals surface area (Å²) >= 11 is 0. The quantitative estimate of drug-likeness (QED) is 0.135. The van der Waals surface area contributed by atoms with Gasteiger partial charge in [0.1, 0.15) is 18.5 Å². The van der Waals surface area contributed by atoms with Crippen LogP contribution in [0, 0.1) is 11.9 Å². The summed E-state index contributed by atoms with van der Waals surface area (Å²) in [6, 6.07) is 5.02. The molecule has 4 nitrogen and oxygen atoms in total. The second kappa shape index (κ2) is 13.1. The van der Waals surface area contributed by atoms with E-state index in [1.54, 1.807) is 24.4 Å². The van der Waals surface area contributed by atoms with Crippen molar-refractivity contribution in [2.75, 3.05) is 6.61 Å². The van der Waals surface area contributed by atoms with Crippen LogP contribution in [0.4, 0.5) is 13.2 Å². The van der Waals surface area contributed by atoms with Crippen molar-refractivity contribution in [1.29, 1.82) is 0 Å². The number of hydrogen-bond acceptors (Lipinski definition) is 4. The number of fused-ring (bicyclic) bond motifs is 1. The highest BCUT2D eigenvalue weighted by atomic mass is 19.3. The number of pyridine rings is 2. The Morgan fingerprint density at radius 3 is 2.43 bits per heavy atom. The van der Waals surface area contributed by atoms with Crippen molar-refractivity contribution in [3.63, 3.8) is 0 Å². The Labute approximate surface area is 219 Å². The van der Waals surface area contributed by atoms with Crippen LogP contribution in [0.2, 0.25) is 0 Å². The average Bonchev–Trinajstić information content (AvgIpc) is 3.65. The van der Waals surface area contributed by atoms with Crippen LogP contribution < -0.4 is 4.74 Å². The van der Waals surface area contributed by atoms with E-state index >= 15 is 13.2 Å². The maximum absolute atomic E-state index is 15.3. The third-order valence-corrected chi connectivity index (χ3v) is 7.76. The molecular formula is C30H41F3N2O2. The largest absolute Gasteiger partial charge is 0.489 e. The molecule has 0 saturated carbocycles. The molecule has 0 amide bonds. The third-order valence-electron chi connectivity index (χ3n) is 7.76. The van der Waals surface area contributed by atoms with Gasteiger partial charge in [0.2, 0.25) is 5.95 Å². The van der Waals surface area contributed by atoms with Gasteiger partial charge in [-0.2, -0.15) is 4.39 Å². The maximum atomic E-state index is 15.3. The Balaban J connectivity index is 1.33. The van der Waals surface area contributed by atoms with Crippen LogP contribution in [0.15, 0.2) is 24.4 Å². The van der Waals surface area contributed by atoms with Gasteiger partial charge in [0.05, 0.1) is 29.3 Å². The van der Waals surface area contributed by atoms with E-state index in [-0.39, 0.29) is 17.9 Å². The van der Waals surface area contributed by atoms with Gasteiger partial charge in [0.15, 0.2) is 0 Å². The Kier molecular flexibility index (Phi) is 9.85. The zero-order valence-corrected chi connectivity index (χ0v) is 22.3. The highest BCUT2D eigenvalue weighted by molar-refractivity contribution is 5.57. The first-order chi connectivity index (χ1) is 17.9. The Bertz CT molecular complexity index is 999. The molecule has 4 rings (SSSR count). The molecule has 0 N–H and O–H groups in total. The summed E-state index contributed by atoms with van der Waals surface area (Å²) in [6.45, 7) is 4.80. The number of rotatable bonds is 15. The molecule has 3 atom stereocenters. The Morgan fingerprint density at radius 1 is 0.946 bits per heavy atom. The summed E-state index contributed by atoms with van der Waals surface area (Å²) < 4.78 is 57.0. The number of alkyl halides is 2. The van der Waals surface area contributed by atoms with Gasteiger partial charge in [-0.25, -0.2) is 13.8 Å². The van der Waals surface area contributed by atoms with Gasteiger partial charge in [0, 0.05) is 5.92 Å². The van der Waals surface area contributed by atoms with E-state index in [0.29, 0.717) is 42.9 Å². The smallest absolute Gasteiger partial charge is 0.280 e. The summed E-state index contributed by atoms with van der Waals surface area (Å²) in [5.74, 6) is -4.51. The molecule has 2 aromatic rings. The lowest BCUT2D eigenvalue weighted by Gasteiger charge is -2.33. The van der Waals surface area contributed by atoms with Gasteiger partial charge >= 0.3 is 0 Å². The molecule has 204 valence electrons. The molecule has 1 saturated heterocycles. The normalized spacial score (nSPS) is 22.0. The molecule has 7 heteroatoms. The summed E-state index contributed by atoms with van der Waals surface area (Å²) in [5, 5.41) is 0. The molecule has 0 aromatic carbocycles. The second-order valence-corrected chi connectivity index (χ2v) is 10.6. The average molecular weight is 519 g/mol. The highest BCUT2D eigenvalue weighted by Gasteiger charge is 2.47. The van der Waals surface area contributed by atoms with E-state index < -0.39 is 23.4 Å². The van der Waals surface area contributed by atoms with E-state index in [2.05, 4.69) is 23.8 Å². The first kappa shape index (κ1) is 27.9. The van der Waals surface area contributed by atoms with Gasteiger partial charge in [0.25, 0.3) is 5.92 Å². The van der Waals surface area contributed by atoms with Gasteiger partial charge in [-0.05, 0) is 49.4 Å². The minimum absolute atomic E-state index is 0.124. The molecular weight excluding hydrogens is 477 g/mol. The first-order valence-corrected chi connectivity index (χ1v) is 14.3. The van der Waals surface area contributed by atoms with Crippen molar-refractivity contribution in [3.05, 3.63) is 41.5 Å². The summed E-state index contributed by atoms with van der Waals surface area (Å²) in [4.78, 5) is 8.26. The van der Waals surface area contributed by atoms with E-state index in [1.807, 2.05) is 0 Å². The van der Waals surface area contributed by atoms with Crippen molar-refractivity contribution < 1.29 is 22.6 Å². The SMILES string of the molecule is CCCCCCCCCC1CCc2cc(-c3ccc(OCC4OC4CCCC)cn3)nc(F)c2C1(F)F. The standard InChI is InChI=1S/C30H41F3N2O2/c1-3-5-7-8-9-10-11-12-22-15-14-21-18-25(35-29(31)28(21)30(22,32)33)24-17-16-23(19-34-24)36-20-27-26(37-27)13-6-4-2/h16-19,22,26-27H,3-15,20H2,1-2H3. The van der Waals surface area contributed by atoms with Gasteiger partial charge < -0.3 is 9.47 Å². The summed E-state index contributed by atoms with van der Waals surface area (Å²) in [6.07, 6.45) is 14.1. The molecule has 2 aromatic heterocycles. The van der Waals surface area contributed by atoms with Gasteiger partial charge in [-0.3, -0.25) is 4.98 Å². The van der Waals surface area contributed by atoms with Crippen LogP contribution in [0.1, 0.15) is 102 Å². The fourth-order valence-electron chi connectivity index (χ4n) is 5.41. The van der Waals surface area contributed by atoms with Crippen molar-refractivity contribution >= 4 is 0 Å². The second-order valence-electron chi connectivity index (χ2n) is 10.6. The molecule has 1 aliphatic carbocycles. The van der Waals surface area contributed by atoms with Gasteiger partial charge in [-0.15, -0.1) is 0 Å². The Hall–Kier alpha value is -2.15. The Morgan fingerprint density at radius 2 is 1.70 bits per heavy atom. The predicted octanol–water partition coefficient (Wildman–Crippen LogP) is 8.41. The summed E-state index contributed by atoms with van der Waals surface area (Å²) in [5.41, 5.74) is 0.534. The third kappa shape index (κ3) is 7.24. The number of epoxide rings is 1. The number of halogens is 3. The molecule has 0 radical (unpaired) electrons. The van der Waals surface area contributed by atoms with E-state index in [1.165, 1.54) is 19.3 Å². The fraction of sp³-hybridized carbons (Fsp3) is 0.667. The molecule has 0 spiro atoms. The minimum atomic E-state index is -3.20. The predicted molar refractivity (Wildman–Crippen MR) is 139 cm³/mol. The van der Waals surface area contributed by atoms with Crippen molar-refractivity contribution in [1.82, 2.24) is 9.97 Å². The van der Waals surface area contributed by atoms with Crippen molar-refractivity contribution in [3.8, 4) is 17.1 Å². The fourth-order valence-corrected chi connectivity index (χ4v) is 5.41. The monoisotopic (exact) mass is 518 g/mol. The molecule has 3 heterocycles. The number of nitrogens with zero attached hydrogens (tertiary/aromatic N) is 2. The number of hydrogen-bond donors (Lipinski definition) is 0. The molecule has 0 bridgehead atoms. The number of aromatic nitrogens is 2. The molecule has 37 heavy (non-hydrogen) atoms. The maximum Gasteiger partial charge on any atom is 0.280 e. The molecule has 1 aliphatic heterocycles. The van der Waals surface area contributed by atoms with Crippen LogP contribution in [0.5, 0.6) is 5.75 Å². The lowest BCUT2D eigenvalue weighted by Crippen LogP contribution is -2.33. The van der Waals surface area contributed by atoms with Gasteiger partial charge in [-0.1, -0.05) is 71.6 Å².